The van der Waals surface area contributed by atoms with Gasteiger partial charge >= 0.3 is 0 Å². The van der Waals surface area contributed by atoms with Crippen LogP contribution in [0, 0.1) is 5.41 Å². The van der Waals surface area contributed by atoms with Gasteiger partial charge in [-0.15, -0.1) is 0 Å². The predicted molar refractivity (Wildman–Crippen MR) is 79.6 cm³/mol. The van der Waals surface area contributed by atoms with Crippen molar-refractivity contribution in [3.8, 4) is 0 Å². The van der Waals surface area contributed by atoms with E-state index in [-0.39, 0.29) is 5.41 Å². The number of aliphatic hydroxyl groups is 1. The molecule has 0 aromatic heterocycles. The molecule has 1 aliphatic carbocycles. The molecule has 20 heavy (non-hydrogen) atoms. The molecular weight excluding hydrogens is 250 g/mol. The molecule has 0 spiro atoms. The second kappa shape index (κ2) is 5.14. The van der Waals surface area contributed by atoms with Gasteiger partial charge in [-0.1, -0.05) is 18.2 Å². The summed E-state index contributed by atoms with van der Waals surface area (Å²) in [6.45, 7) is 3.60. The van der Waals surface area contributed by atoms with Crippen LogP contribution in [0.3, 0.4) is 0 Å². The zero-order chi connectivity index (χ0) is 14.2. The monoisotopic (exact) mass is 275 g/mol. The summed E-state index contributed by atoms with van der Waals surface area (Å²) in [7, 11) is 0. The minimum absolute atomic E-state index is 0.351. The van der Waals surface area contributed by atoms with Gasteiger partial charge in [-0.3, -0.25) is 0 Å². The van der Waals surface area contributed by atoms with Crippen molar-refractivity contribution in [1.82, 2.24) is 0 Å². The van der Waals surface area contributed by atoms with Gasteiger partial charge in [0.2, 0.25) is 0 Å². The van der Waals surface area contributed by atoms with E-state index < -0.39 is 5.60 Å². The molecular formula is C17H25NO2. The Morgan fingerprint density at radius 3 is 2.70 bits per heavy atom. The van der Waals surface area contributed by atoms with E-state index in [0.717, 1.165) is 18.4 Å². The molecule has 110 valence electrons. The second-order valence-corrected chi connectivity index (χ2v) is 6.55. The zero-order valence-electron chi connectivity index (χ0n) is 12.3. The van der Waals surface area contributed by atoms with Crippen LogP contribution in [0.1, 0.15) is 42.9 Å². The van der Waals surface area contributed by atoms with Crippen LogP contribution in [0.15, 0.2) is 18.2 Å². The molecule has 0 bridgehead atoms. The number of hydrogen-bond donors (Lipinski definition) is 2. The van der Waals surface area contributed by atoms with Crippen LogP contribution < -0.4 is 5.73 Å². The highest BCUT2D eigenvalue weighted by molar-refractivity contribution is 5.37. The summed E-state index contributed by atoms with van der Waals surface area (Å²) in [4.78, 5) is 0. The van der Waals surface area contributed by atoms with E-state index in [1.54, 1.807) is 0 Å². The summed E-state index contributed by atoms with van der Waals surface area (Å²) in [5.74, 6) is 0. The van der Waals surface area contributed by atoms with Crippen molar-refractivity contribution in [1.29, 1.82) is 0 Å². The van der Waals surface area contributed by atoms with E-state index in [9.17, 15) is 5.11 Å². The van der Waals surface area contributed by atoms with Crippen LogP contribution in [0.25, 0.3) is 0 Å². The minimum atomic E-state index is -0.926. The highest BCUT2D eigenvalue weighted by Crippen LogP contribution is 2.45. The van der Waals surface area contributed by atoms with Crippen molar-refractivity contribution in [3.05, 3.63) is 34.9 Å². The normalized spacial score (nSPS) is 28.9. The average molecular weight is 275 g/mol. The Balaban J connectivity index is 1.98. The van der Waals surface area contributed by atoms with Crippen LogP contribution in [0.4, 0.5) is 0 Å². The third-order valence-electron chi connectivity index (χ3n) is 5.44. The van der Waals surface area contributed by atoms with Crippen LogP contribution >= 0.6 is 0 Å². The molecule has 2 atom stereocenters. The van der Waals surface area contributed by atoms with Crippen LogP contribution in [0.5, 0.6) is 0 Å². The molecule has 3 heteroatoms. The first-order valence-corrected chi connectivity index (χ1v) is 7.72. The van der Waals surface area contributed by atoms with E-state index in [2.05, 4.69) is 18.2 Å². The lowest BCUT2D eigenvalue weighted by Gasteiger charge is -2.41. The number of hydrogen-bond acceptors (Lipinski definition) is 3. The van der Waals surface area contributed by atoms with Gasteiger partial charge in [0.05, 0.1) is 12.2 Å². The van der Waals surface area contributed by atoms with Crippen molar-refractivity contribution in [2.75, 3.05) is 19.8 Å². The Morgan fingerprint density at radius 1 is 1.30 bits per heavy atom. The lowest BCUT2D eigenvalue weighted by molar-refractivity contribution is -0.0747. The van der Waals surface area contributed by atoms with Gasteiger partial charge in [-0.25, -0.2) is 0 Å². The zero-order valence-corrected chi connectivity index (χ0v) is 12.3. The highest BCUT2D eigenvalue weighted by atomic mass is 16.5. The van der Waals surface area contributed by atoms with Gasteiger partial charge in [0.1, 0.15) is 0 Å². The Morgan fingerprint density at radius 2 is 2.05 bits per heavy atom. The van der Waals surface area contributed by atoms with Crippen LogP contribution in [0.2, 0.25) is 0 Å². The average Bonchev–Trinajstić information content (AvgIpc) is 2.97. The summed E-state index contributed by atoms with van der Waals surface area (Å²) >= 11 is 0. The Bertz CT molecular complexity index is 490. The maximum Gasteiger partial charge on any atom is 0.0959 e. The van der Waals surface area contributed by atoms with Gasteiger partial charge in [0, 0.05) is 18.6 Å². The molecule has 0 radical (unpaired) electrons. The third-order valence-corrected chi connectivity index (χ3v) is 5.44. The molecule has 2 unspecified atom stereocenters. The number of fused-ring (bicyclic) bond motifs is 1. The first kappa shape index (κ1) is 14.1. The number of benzene rings is 1. The fourth-order valence-electron chi connectivity index (χ4n) is 3.69. The summed E-state index contributed by atoms with van der Waals surface area (Å²) in [6.07, 6.45) is 5.66. The van der Waals surface area contributed by atoms with Crippen molar-refractivity contribution in [3.63, 3.8) is 0 Å². The molecule has 2 aliphatic rings. The highest BCUT2D eigenvalue weighted by Gasteiger charge is 2.49. The van der Waals surface area contributed by atoms with E-state index in [1.807, 2.05) is 6.92 Å². The van der Waals surface area contributed by atoms with E-state index >= 15 is 0 Å². The number of nitrogens with two attached hydrogens (primary N) is 1. The van der Waals surface area contributed by atoms with Crippen molar-refractivity contribution in [2.24, 2.45) is 11.1 Å². The number of rotatable bonds is 3. The van der Waals surface area contributed by atoms with Crippen molar-refractivity contribution in [2.45, 2.75) is 44.6 Å². The van der Waals surface area contributed by atoms with Gasteiger partial charge in [0.25, 0.3) is 0 Å². The molecule has 1 fully saturated rings. The second-order valence-electron chi connectivity index (χ2n) is 6.55. The minimum Gasteiger partial charge on any atom is -0.385 e. The molecule has 1 saturated heterocycles. The van der Waals surface area contributed by atoms with Gasteiger partial charge in [0.15, 0.2) is 0 Å². The fraction of sp³-hybridized carbons (Fsp3) is 0.647. The molecule has 3 nitrogen and oxygen atoms in total. The molecule has 1 aromatic rings. The molecule has 3 rings (SSSR count). The molecule has 0 saturated carbocycles. The topological polar surface area (TPSA) is 55.5 Å². The molecule has 0 amide bonds. The van der Waals surface area contributed by atoms with Gasteiger partial charge < -0.3 is 15.6 Å². The predicted octanol–water partition coefficient (Wildman–Crippen LogP) is 2.14. The molecule has 1 aliphatic heterocycles. The quantitative estimate of drug-likeness (QED) is 0.888. The molecule has 1 heterocycles. The van der Waals surface area contributed by atoms with Crippen LogP contribution in [-0.4, -0.2) is 24.9 Å². The Labute approximate surface area is 121 Å². The summed E-state index contributed by atoms with van der Waals surface area (Å²) in [6, 6.07) is 6.47. The van der Waals surface area contributed by atoms with E-state index in [0.29, 0.717) is 19.8 Å². The first-order chi connectivity index (χ1) is 9.59. The summed E-state index contributed by atoms with van der Waals surface area (Å²) < 4.78 is 5.53. The number of ether oxygens (including phenoxy) is 1. The lowest BCUT2D eigenvalue weighted by atomic mass is 9.68. The summed E-state index contributed by atoms with van der Waals surface area (Å²) in [5, 5.41) is 11.2. The van der Waals surface area contributed by atoms with Crippen LogP contribution in [-0.2, 0) is 23.2 Å². The Hall–Kier alpha value is -0.900. The van der Waals surface area contributed by atoms with Gasteiger partial charge in [-0.2, -0.15) is 0 Å². The molecule has 1 aromatic carbocycles. The third kappa shape index (κ3) is 2.09. The maximum atomic E-state index is 11.2. The van der Waals surface area contributed by atoms with E-state index in [1.165, 1.54) is 30.4 Å². The first-order valence-electron chi connectivity index (χ1n) is 7.72. The van der Waals surface area contributed by atoms with Crippen molar-refractivity contribution < 1.29 is 9.84 Å². The van der Waals surface area contributed by atoms with E-state index in [4.69, 9.17) is 10.5 Å². The van der Waals surface area contributed by atoms with Crippen molar-refractivity contribution >= 4 is 0 Å². The summed E-state index contributed by atoms with van der Waals surface area (Å²) in [5.41, 5.74) is 8.56. The maximum absolute atomic E-state index is 11.2. The lowest BCUT2D eigenvalue weighted by Crippen LogP contribution is -2.49. The Kier molecular flexibility index (Phi) is 3.61. The molecule has 3 N–H and O–H groups in total. The SMILES string of the molecule is CC(O)(c1ccc2c(c1)CCCC2)C1(CN)CCOC1. The smallest absolute Gasteiger partial charge is 0.0959 e. The van der Waals surface area contributed by atoms with Gasteiger partial charge in [-0.05, 0) is 55.7 Å². The number of aryl methyl sites for hydroxylation is 2. The standard InChI is InChI=1S/C17H25NO2/c1-16(19,17(11-18)8-9-20-12-17)15-7-6-13-4-2-3-5-14(13)10-15/h6-7,10,19H,2-5,8-9,11-12,18H2,1H3. The largest absolute Gasteiger partial charge is 0.385 e. The fourth-order valence-corrected chi connectivity index (χ4v) is 3.69.